The summed E-state index contributed by atoms with van der Waals surface area (Å²) < 4.78 is 7.02. The number of halogens is 2. The molecule has 0 aliphatic heterocycles. The number of rotatable bonds is 19. The fraction of sp³-hybridized carbons (Fsp3) is 0.633. The van der Waals surface area contributed by atoms with Gasteiger partial charge in [0, 0.05) is 24.1 Å². The van der Waals surface area contributed by atoms with E-state index in [1.165, 1.54) is 87.8 Å². The molecule has 5 nitrogen and oxygen atoms in total. The first-order chi connectivity index (χ1) is 17.8. The molecule has 0 aliphatic rings. The van der Waals surface area contributed by atoms with Crippen molar-refractivity contribution in [2.24, 2.45) is 7.05 Å². The summed E-state index contributed by atoms with van der Waals surface area (Å²) >= 11 is 12.2. The number of unbranched alkanes of at least 4 members (excludes halogenated alkanes) is 14. The third kappa shape index (κ3) is 11.2. The molecule has 0 unspecified atom stereocenters. The van der Waals surface area contributed by atoms with E-state index < -0.39 is 0 Å². The van der Waals surface area contributed by atoms with Crippen LogP contribution in [0.5, 0.6) is 5.88 Å². The number of aryl methyl sites for hydroxylation is 2. The van der Waals surface area contributed by atoms with Gasteiger partial charge in [0.05, 0.1) is 10.7 Å². The second-order valence-corrected chi connectivity index (χ2v) is 10.9. The van der Waals surface area contributed by atoms with E-state index in [0.29, 0.717) is 22.7 Å². The summed E-state index contributed by atoms with van der Waals surface area (Å²) in [4.78, 5) is 25.7. The predicted molar refractivity (Wildman–Crippen MR) is 153 cm³/mol. The fourth-order valence-corrected chi connectivity index (χ4v) is 5.12. The van der Waals surface area contributed by atoms with Gasteiger partial charge in [0.15, 0.2) is 0 Å². The van der Waals surface area contributed by atoms with Crippen LogP contribution in [0.4, 0.5) is 0 Å². The first-order valence-electron chi connectivity index (χ1n) is 14.1. The Morgan fingerprint density at radius 2 is 1.35 bits per heavy atom. The molecule has 206 valence electrons. The number of carbonyl (C=O) groups excluding carboxylic acids is 2. The standard InChI is InChI=1S/C30H44Cl2N2O3/c1-4-5-6-7-8-9-10-11-12-13-14-15-16-17-18-19-27(35)37-30-28(23(2)33-34(30)3)29(36)25-21-20-24(31)22-26(25)32/h20-22H,4-19H2,1-3H3. The maximum atomic E-state index is 13.2. The van der Waals surface area contributed by atoms with Crippen molar-refractivity contribution in [1.29, 1.82) is 0 Å². The van der Waals surface area contributed by atoms with Crippen molar-refractivity contribution in [3.8, 4) is 5.88 Å². The number of esters is 1. The Kier molecular flexibility index (Phi) is 14.9. The Morgan fingerprint density at radius 3 is 1.86 bits per heavy atom. The Morgan fingerprint density at radius 1 is 0.838 bits per heavy atom. The first-order valence-corrected chi connectivity index (χ1v) is 14.8. The van der Waals surface area contributed by atoms with E-state index in [1.807, 2.05) is 0 Å². The van der Waals surface area contributed by atoms with Crippen molar-refractivity contribution in [3.63, 3.8) is 0 Å². The number of hydrogen-bond acceptors (Lipinski definition) is 4. The lowest BCUT2D eigenvalue weighted by Gasteiger charge is -2.09. The Labute approximate surface area is 233 Å². The number of nitrogens with zero attached hydrogens (tertiary/aromatic N) is 2. The predicted octanol–water partition coefficient (Wildman–Crippen LogP) is 9.43. The van der Waals surface area contributed by atoms with Gasteiger partial charge in [-0.05, 0) is 31.5 Å². The molecule has 0 aliphatic carbocycles. The molecule has 0 fully saturated rings. The molecular weight excluding hydrogens is 507 g/mol. The molecule has 0 atom stereocenters. The molecule has 0 radical (unpaired) electrons. The van der Waals surface area contributed by atoms with Crippen LogP contribution in [0, 0.1) is 6.92 Å². The fourth-order valence-electron chi connectivity index (χ4n) is 4.62. The van der Waals surface area contributed by atoms with E-state index >= 15 is 0 Å². The topological polar surface area (TPSA) is 61.2 Å². The Balaban J connectivity index is 1.64. The Bertz CT molecular complexity index is 987. The monoisotopic (exact) mass is 550 g/mol. The van der Waals surface area contributed by atoms with Gasteiger partial charge in [-0.2, -0.15) is 5.10 Å². The van der Waals surface area contributed by atoms with Crippen LogP contribution >= 0.6 is 23.2 Å². The maximum absolute atomic E-state index is 13.2. The molecule has 0 saturated heterocycles. The van der Waals surface area contributed by atoms with Gasteiger partial charge in [0.2, 0.25) is 11.7 Å². The molecule has 2 rings (SSSR count). The van der Waals surface area contributed by atoms with Crippen LogP contribution < -0.4 is 4.74 Å². The minimum absolute atomic E-state index is 0.152. The van der Waals surface area contributed by atoms with Gasteiger partial charge in [-0.25, -0.2) is 4.68 Å². The van der Waals surface area contributed by atoms with Crippen molar-refractivity contribution in [3.05, 3.63) is 45.1 Å². The quantitative estimate of drug-likeness (QED) is 0.0991. The number of ether oxygens (including phenoxy) is 1. The summed E-state index contributed by atoms with van der Waals surface area (Å²) in [5, 5.41) is 4.97. The van der Waals surface area contributed by atoms with Gasteiger partial charge < -0.3 is 4.74 Å². The van der Waals surface area contributed by atoms with Gasteiger partial charge in [-0.1, -0.05) is 120 Å². The normalized spacial score (nSPS) is 11.2. The summed E-state index contributed by atoms with van der Waals surface area (Å²) in [6.45, 7) is 3.98. The van der Waals surface area contributed by atoms with Crippen molar-refractivity contribution >= 4 is 35.0 Å². The highest BCUT2D eigenvalue weighted by molar-refractivity contribution is 6.37. The number of benzene rings is 1. The van der Waals surface area contributed by atoms with Gasteiger partial charge >= 0.3 is 5.97 Å². The summed E-state index contributed by atoms with van der Waals surface area (Å²) in [6, 6.07) is 4.69. The lowest BCUT2D eigenvalue weighted by atomic mass is 10.0. The number of hydrogen-bond donors (Lipinski definition) is 0. The highest BCUT2D eigenvalue weighted by Gasteiger charge is 2.26. The lowest BCUT2D eigenvalue weighted by Crippen LogP contribution is -2.13. The molecule has 7 heteroatoms. The van der Waals surface area contributed by atoms with Crippen LogP contribution in [0.25, 0.3) is 0 Å². The molecule has 2 aromatic rings. The molecule has 0 amide bonds. The first kappa shape index (κ1) is 31.4. The molecule has 1 aromatic heterocycles. The molecular formula is C30H44Cl2N2O3. The van der Waals surface area contributed by atoms with Crippen LogP contribution in [0.3, 0.4) is 0 Å². The zero-order chi connectivity index (χ0) is 27.0. The summed E-state index contributed by atoms with van der Waals surface area (Å²) in [5.74, 6) is -0.546. The molecule has 0 bridgehead atoms. The average Bonchev–Trinajstić information content (AvgIpc) is 3.13. The van der Waals surface area contributed by atoms with Gasteiger partial charge in [0.1, 0.15) is 5.56 Å². The number of aromatic nitrogens is 2. The zero-order valence-corrected chi connectivity index (χ0v) is 24.4. The van der Waals surface area contributed by atoms with E-state index in [2.05, 4.69) is 12.0 Å². The van der Waals surface area contributed by atoms with Crippen LogP contribution in [0.1, 0.15) is 131 Å². The van der Waals surface area contributed by atoms with Gasteiger partial charge in [-0.3, -0.25) is 9.59 Å². The van der Waals surface area contributed by atoms with E-state index in [-0.39, 0.29) is 28.2 Å². The zero-order valence-electron chi connectivity index (χ0n) is 22.9. The highest BCUT2D eigenvalue weighted by atomic mass is 35.5. The maximum Gasteiger partial charge on any atom is 0.312 e. The van der Waals surface area contributed by atoms with E-state index in [1.54, 1.807) is 26.1 Å². The molecule has 0 N–H and O–H groups in total. The largest absolute Gasteiger partial charge is 0.407 e. The summed E-state index contributed by atoms with van der Waals surface area (Å²) in [7, 11) is 1.66. The minimum Gasteiger partial charge on any atom is -0.407 e. The summed E-state index contributed by atoms with van der Waals surface area (Å²) in [5.41, 5.74) is 1.02. The molecule has 0 spiro atoms. The van der Waals surface area contributed by atoms with Crippen LogP contribution in [-0.4, -0.2) is 21.5 Å². The van der Waals surface area contributed by atoms with Crippen LogP contribution in [-0.2, 0) is 11.8 Å². The summed E-state index contributed by atoms with van der Waals surface area (Å²) in [6.07, 6.45) is 19.4. The minimum atomic E-state index is -0.353. The van der Waals surface area contributed by atoms with Crippen molar-refractivity contribution in [1.82, 2.24) is 9.78 Å². The van der Waals surface area contributed by atoms with Gasteiger partial charge in [0.25, 0.3) is 0 Å². The number of ketones is 1. The van der Waals surface area contributed by atoms with Crippen molar-refractivity contribution < 1.29 is 14.3 Å². The molecule has 0 saturated carbocycles. The lowest BCUT2D eigenvalue weighted by molar-refractivity contribution is -0.135. The van der Waals surface area contributed by atoms with E-state index in [0.717, 1.165) is 19.3 Å². The van der Waals surface area contributed by atoms with Gasteiger partial charge in [-0.15, -0.1) is 0 Å². The highest BCUT2D eigenvalue weighted by Crippen LogP contribution is 2.29. The SMILES string of the molecule is CCCCCCCCCCCCCCCCCC(=O)Oc1c(C(=O)c2ccc(Cl)cc2Cl)c(C)nn1C. The van der Waals surface area contributed by atoms with Crippen molar-refractivity contribution in [2.75, 3.05) is 0 Å². The Hall–Kier alpha value is -1.85. The molecule has 1 aromatic carbocycles. The smallest absolute Gasteiger partial charge is 0.312 e. The van der Waals surface area contributed by atoms with Crippen LogP contribution in [0.15, 0.2) is 18.2 Å². The number of carbonyl (C=O) groups is 2. The van der Waals surface area contributed by atoms with Crippen molar-refractivity contribution in [2.45, 2.75) is 117 Å². The molecule has 37 heavy (non-hydrogen) atoms. The van der Waals surface area contributed by atoms with E-state index in [4.69, 9.17) is 27.9 Å². The second kappa shape index (κ2) is 17.6. The third-order valence-electron chi connectivity index (χ3n) is 6.77. The third-order valence-corrected chi connectivity index (χ3v) is 7.32. The molecule has 1 heterocycles. The second-order valence-electron chi connectivity index (χ2n) is 10.0. The van der Waals surface area contributed by atoms with E-state index in [9.17, 15) is 9.59 Å². The average molecular weight is 552 g/mol. The van der Waals surface area contributed by atoms with Crippen LogP contribution in [0.2, 0.25) is 10.0 Å².